The lowest BCUT2D eigenvalue weighted by molar-refractivity contribution is -0.150. The van der Waals surface area contributed by atoms with E-state index in [0.29, 0.717) is 56.4 Å². The number of ether oxygens (including phenoxy) is 1. The van der Waals surface area contributed by atoms with Crippen molar-refractivity contribution in [3.8, 4) is 11.5 Å². The van der Waals surface area contributed by atoms with Crippen LogP contribution >= 0.6 is 0 Å². The molecule has 3 saturated heterocycles. The fourth-order valence-corrected chi connectivity index (χ4v) is 11.1. The van der Waals surface area contributed by atoms with Crippen molar-refractivity contribution in [1.82, 2.24) is 36.1 Å². The molecule has 9 rings (SSSR count). The molecule has 5 aliphatic rings. The first-order valence-electron chi connectivity index (χ1n) is 23.5. The smallest absolute Gasteiger partial charge is 0.247 e. The molecule has 3 aromatic carbocycles. The third-order valence-electron chi connectivity index (χ3n) is 14.5. The van der Waals surface area contributed by atoms with Gasteiger partial charge in [0.15, 0.2) is 0 Å². The minimum Gasteiger partial charge on any atom is -0.457 e. The van der Waals surface area contributed by atoms with Crippen molar-refractivity contribution in [3.05, 3.63) is 96.2 Å². The van der Waals surface area contributed by atoms with Crippen molar-refractivity contribution >= 4 is 46.3 Å². The average molecular weight is 885 g/mol. The van der Waals surface area contributed by atoms with Gasteiger partial charge in [-0.1, -0.05) is 74.2 Å². The van der Waals surface area contributed by atoms with E-state index in [1.807, 2.05) is 66.7 Å². The number of para-hydroxylation sites is 2. The van der Waals surface area contributed by atoms with Crippen LogP contribution in [0.2, 0.25) is 0 Å². The molecule has 2 saturated carbocycles. The molecule has 7 N–H and O–H groups in total. The summed E-state index contributed by atoms with van der Waals surface area (Å²) in [4.78, 5) is 95.4. The van der Waals surface area contributed by atoms with Crippen LogP contribution in [0.5, 0.6) is 11.5 Å². The van der Waals surface area contributed by atoms with E-state index in [2.05, 4.69) is 26.3 Å². The first kappa shape index (κ1) is 44.0. The summed E-state index contributed by atoms with van der Waals surface area (Å²) in [5.74, 6) is -1.56. The molecule has 5 fully saturated rings. The molecule has 4 aromatic rings. The topological polar surface area (TPSA) is 208 Å². The summed E-state index contributed by atoms with van der Waals surface area (Å²) in [7, 11) is 0. The van der Waals surface area contributed by atoms with Gasteiger partial charge in [0.05, 0.1) is 0 Å². The first-order valence-corrected chi connectivity index (χ1v) is 23.5. The Labute approximate surface area is 378 Å². The molecular formula is C50H60N8O7. The van der Waals surface area contributed by atoms with Gasteiger partial charge in [0.25, 0.3) is 0 Å². The Morgan fingerprint density at radius 3 is 2.18 bits per heavy atom. The molecule has 2 aliphatic carbocycles. The molecule has 342 valence electrons. The van der Waals surface area contributed by atoms with E-state index in [9.17, 15) is 24.0 Å². The van der Waals surface area contributed by atoms with Gasteiger partial charge in [-0.2, -0.15) is 0 Å². The maximum absolute atomic E-state index is 15.0. The summed E-state index contributed by atoms with van der Waals surface area (Å²) in [6.45, 7) is 1.91. The molecular weight excluding hydrogens is 825 g/mol. The van der Waals surface area contributed by atoms with Crippen LogP contribution in [0.15, 0.2) is 85.1 Å². The van der Waals surface area contributed by atoms with Gasteiger partial charge in [0, 0.05) is 48.6 Å². The Balaban J connectivity index is 1.09. The van der Waals surface area contributed by atoms with Gasteiger partial charge in [-0.25, -0.2) is 0 Å². The zero-order valence-electron chi connectivity index (χ0n) is 36.9. The number of hydrogen-bond acceptors (Lipinski definition) is 8. The summed E-state index contributed by atoms with van der Waals surface area (Å²) in [6, 6.07) is 18.0. The summed E-state index contributed by atoms with van der Waals surface area (Å²) < 4.78 is 6.02. The van der Waals surface area contributed by atoms with Crippen LogP contribution in [0.1, 0.15) is 88.7 Å². The van der Waals surface area contributed by atoms with Crippen LogP contribution in [0.3, 0.4) is 0 Å². The average Bonchev–Trinajstić information content (AvgIpc) is 4.15. The van der Waals surface area contributed by atoms with Gasteiger partial charge in [-0.3, -0.25) is 28.8 Å². The minimum atomic E-state index is -1.40. The van der Waals surface area contributed by atoms with Crippen LogP contribution in [0.25, 0.3) is 10.9 Å². The molecule has 1 aromatic heterocycles. The van der Waals surface area contributed by atoms with Crippen LogP contribution < -0.4 is 31.7 Å². The van der Waals surface area contributed by atoms with Crippen molar-refractivity contribution in [2.45, 2.75) is 138 Å². The van der Waals surface area contributed by atoms with Gasteiger partial charge in [-0.05, 0) is 99.2 Å². The van der Waals surface area contributed by atoms with Gasteiger partial charge >= 0.3 is 0 Å². The van der Waals surface area contributed by atoms with E-state index < -0.39 is 71.3 Å². The summed E-state index contributed by atoms with van der Waals surface area (Å²) in [5.41, 5.74) is 7.46. The maximum Gasteiger partial charge on any atom is 0.247 e. The zero-order valence-corrected chi connectivity index (χ0v) is 36.9. The highest BCUT2D eigenvalue weighted by Crippen LogP contribution is 2.41. The fraction of sp³-hybridized carbons (Fsp3) is 0.480. The zero-order chi connectivity index (χ0) is 45.2. The highest BCUT2D eigenvalue weighted by molar-refractivity contribution is 6.00. The van der Waals surface area contributed by atoms with Crippen LogP contribution in [0.4, 0.5) is 0 Å². The lowest BCUT2D eigenvalue weighted by Gasteiger charge is -2.38. The largest absolute Gasteiger partial charge is 0.457 e. The predicted molar refractivity (Wildman–Crippen MR) is 243 cm³/mol. The quantitative estimate of drug-likeness (QED) is 0.159. The number of aromatic nitrogens is 1. The number of nitrogens with two attached hydrogens (primary N) is 1. The number of hydrogen-bond donors (Lipinski definition) is 6. The highest BCUT2D eigenvalue weighted by Gasteiger charge is 2.52. The molecule has 65 heavy (non-hydrogen) atoms. The molecule has 15 heteroatoms. The SMILES string of the molecule is CC(N)[C@@H]1NC(=O)[C@H](Cc2c[nH]c3ccccc23)NC(=O)C2(CCCC2)NC(=O)[C@H](Cc2ccc(Oc3ccccc3)cc2)NC(=O)[C@@H]2C[C@@H]3CCCC[C@@H]3N2C(=O)[C@H]2CCCN2C1=O. The van der Waals surface area contributed by atoms with Gasteiger partial charge < -0.3 is 46.5 Å². The number of carbonyl (C=O) groups is 6. The monoisotopic (exact) mass is 884 g/mol. The second-order valence-electron chi connectivity index (χ2n) is 18.8. The van der Waals surface area contributed by atoms with Gasteiger partial charge in [-0.15, -0.1) is 0 Å². The lowest BCUT2D eigenvalue weighted by Crippen LogP contribution is -2.66. The van der Waals surface area contributed by atoms with Gasteiger partial charge in [0.2, 0.25) is 35.4 Å². The number of rotatable bonds is 7. The molecule has 1 spiro atoms. The van der Waals surface area contributed by atoms with Crippen molar-refractivity contribution in [3.63, 3.8) is 0 Å². The summed E-state index contributed by atoms with van der Waals surface area (Å²) in [5, 5.41) is 13.0. The van der Waals surface area contributed by atoms with E-state index in [-0.39, 0.29) is 37.3 Å². The van der Waals surface area contributed by atoms with E-state index in [4.69, 9.17) is 10.5 Å². The lowest BCUT2D eigenvalue weighted by atomic mass is 9.84. The molecule has 4 heterocycles. The molecule has 15 nitrogen and oxygen atoms in total. The van der Waals surface area contributed by atoms with E-state index in [1.165, 1.54) is 4.90 Å². The Morgan fingerprint density at radius 2 is 1.42 bits per heavy atom. The first-order chi connectivity index (χ1) is 31.5. The number of fused-ring (bicyclic) bond motifs is 5. The highest BCUT2D eigenvalue weighted by atomic mass is 16.5. The van der Waals surface area contributed by atoms with Crippen LogP contribution in [-0.2, 0) is 41.6 Å². The standard InChI is InChI=1S/C50H60N8O7/c1-30(51)43-48(63)57-25-11-18-41(57)47(62)58-40-17-8-5-12-32(40)28-42(58)46(61)53-38(26-31-19-21-35(22-20-31)65-34-13-3-2-4-14-34)45(60)56-50(23-9-10-24-50)49(64)54-39(44(59)55-43)27-33-29-52-37-16-7-6-15-36(33)37/h2-4,6-7,13-16,19-22,29-30,32,38-43,52H,5,8-12,17-18,23-28,51H2,1H3,(H,53,61)(H,54,64)(H,55,59)(H,56,60)/t30?,32-,38-,39-,40-,41+,42-,43-/m0/s1. The molecule has 8 atom stereocenters. The summed E-state index contributed by atoms with van der Waals surface area (Å²) in [6.07, 6.45) is 8.74. The maximum atomic E-state index is 15.0. The van der Waals surface area contributed by atoms with E-state index in [1.54, 1.807) is 30.2 Å². The summed E-state index contributed by atoms with van der Waals surface area (Å²) >= 11 is 0. The number of benzene rings is 3. The Morgan fingerprint density at radius 1 is 0.708 bits per heavy atom. The number of aromatic amines is 1. The third kappa shape index (κ3) is 9.07. The van der Waals surface area contributed by atoms with Gasteiger partial charge in [0.1, 0.15) is 47.2 Å². The number of amides is 6. The Bertz CT molecular complexity index is 2410. The van der Waals surface area contributed by atoms with E-state index in [0.717, 1.165) is 47.7 Å². The predicted octanol–water partition coefficient (Wildman–Crippen LogP) is 4.14. The molecule has 3 aliphatic heterocycles. The van der Waals surface area contributed by atoms with Crippen molar-refractivity contribution < 1.29 is 33.5 Å². The van der Waals surface area contributed by atoms with Crippen molar-refractivity contribution in [1.29, 1.82) is 0 Å². The van der Waals surface area contributed by atoms with Crippen molar-refractivity contribution in [2.75, 3.05) is 6.54 Å². The Kier molecular flexibility index (Phi) is 12.7. The molecule has 0 bridgehead atoms. The van der Waals surface area contributed by atoms with Crippen molar-refractivity contribution in [2.24, 2.45) is 11.7 Å². The Hall–Kier alpha value is -6.22. The number of nitrogens with zero attached hydrogens (tertiary/aromatic N) is 2. The number of H-pyrrole nitrogens is 1. The molecule has 6 amide bonds. The molecule has 0 radical (unpaired) electrons. The number of nitrogens with one attached hydrogen (secondary N) is 5. The second-order valence-corrected chi connectivity index (χ2v) is 18.8. The second kappa shape index (κ2) is 18.7. The normalized spacial score (nSPS) is 28.1. The van der Waals surface area contributed by atoms with Crippen LogP contribution in [-0.4, -0.2) is 105 Å². The number of carbonyl (C=O) groups excluding carboxylic acids is 6. The minimum absolute atomic E-state index is 0.0673. The fourth-order valence-electron chi connectivity index (χ4n) is 11.1. The van der Waals surface area contributed by atoms with E-state index >= 15 is 4.79 Å². The molecule has 1 unspecified atom stereocenters. The van der Waals surface area contributed by atoms with Crippen LogP contribution in [0, 0.1) is 5.92 Å². The third-order valence-corrected chi connectivity index (χ3v) is 14.5.